The third-order valence-corrected chi connectivity index (χ3v) is 3.34. The Bertz CT molecular complexity index is 537. The molecule has 19 heavy (non-hydrogen) atoms. The third-order valence-electron chi connectivity index (χ3n) is 3.04. The van der Waals surface area contributed by atoms with E-state index in [1.807, 2.05) is 26.2 Å². The molecular formula is C15H18ClN3. The first-order valence-corrected chi connectivity index (χ1v) is 6.60. The number of pyridine rings is 1. The molecular weight excluding hydrogens is 258 g/mol. The molecule has 0 aliphatic carbocycles. The average molecular weight is 276 g/mol. The summed E-state index contributed by atoms with van der Waals surface area (Å²) in [5.74, 6) is 0. The number of nitrogens with one attached hydrogen (secondary N) is 1. The SMILES string of the molecule is CC(Nc1cccnc1Cl)c1ccc(N(C)C)cc1. The minimum absolute atomic E-state index is 0.179. The van der Waals surface area contributed by atoms with Crippen molar-refractivity contribution in [1.29, 1.82) is 0 Å². The number of hydrogen-bond donors (Lipinski definition) is 1. The predicted octanol–water partition coefficient (Wildman–Crippen LogP) is 3.97. The Morgan fingerprint density at radius 2 is 1.84 bits per heavy atom. The number of halogens is 1. The molecule has 2 rings (SSSR count). The van der Waals surface area contributed by atoms with Crippen LogP contribution in [0, 0.1) is 0 Å². The second-order valence-electron chi connectivity index (χ2n) is 4.69. The summed E-state index contributed by atoms with van der Waals surface area (Å²) >= 11 is 6.04. The van der Waals surface area contributed by atoms with E-state index in [1.165, 1.54) is 11.3 Å². The van der Waals surface area contributed by atoms with E-state index in [4.69, 9.17) is 11.6 Å². The normalized spacial score (nSPS) is 12.0. The Balaban J connectivity index is 2.12. The van der Waals surface area contributed by atoms with Crippen LogP contribution in [0.4, 0.5) is 11.4 Å². The Hall–Kier alpha value is -1.74. The lowest BCUT2D eigenvalue weighted by Crippen LogP contribution is -2.10. The van der Waals surface area contributed by atoms with Gasteiger partial charge in [0.1, 0.15) is 0 Å². The van der Waals surface area contributed by atoms with E-state index in [0.717, 1.165) is 5.69 Å². The van der Waals surface area contributed by atoms with Crippen LogP contribution in [0.15, 0.2) is 42.6 Å². The van der Waals surface area contributed by atoms with Gasteiger partial charge in [-0.1, -0.05) is 23.7 Å². The second kappa shape index (κ2) is 5.93. The first-order chi connectivity index (χ1) is 9.08. The lowest BCUT2D eigenvalue weighted by Gasteiger charge is -2.18. The Morgan fingerprint density at radius 1 is 1.16 bits per heavy atom. The van der Waals surface area contributed by atoms with Crippen molar-refractivity contribution >= 4 is 23.0 Å². The van der Waals surface area contributed by atoms with Gasteiger partial charge in [-0.2, -0.15) is 0 Å². The third kappa shape index (κ3) is 3.38. The number of hydrogen-bond acceptors (Lipinski definition) is 3. The van der Waals surface area contributed by atoms with Crippen LogP contribution in [0.25, 0.3) is 0 Å². The number of nitrogens with zero attached hydrogens (tertiary/aromatic N) is 2. The zero-order valence-electron chi connectivity index (χ0n) is 11.4. The zero-order chi connectivity index (χ0) is 13.8. The topological polar surface area (TPSA) is 28.2 Å². The molecule has 0 fully saturated rings. The van der Waals surface area contributed by atoms with Gasteiger partial charge in [0, 0.05) is 32.0 Å². The van der Waals surface area contributed by atoms with Gasteiger partial charge in [0.15, 0.2) is 5.15 Å². The highest BCUT2D eigenvalue weighted by Crippen LogP contribution is 2.25. The molecule has 0 aliphatic heterocycles. The van der Waals surface area contributed by atoms with E-state index in [2.05, 4.69) is 46.4 Å². The van der Waals surface area contributed by atoms with Crippen LogP contribution < -0.4 is 10.2 Å². The summed E-state index contributed by atoms with van der Waals surface area (Å²) in [7, 11) is 4.07. The van der Waals surface area contributed by atoms with Crippen LogP contribution in [0.3, 0.4) is 0 Å². The van der Waals surface area contributed by atoms with Crippen LogP contribution in [0.1, 0.15) is 18.5 Å². The Kier molecular flexibility index (Phi) is 4.27. The van der Waals surface area contributed by atoms with Crippen LogP contribution >= 0.6 is 11.6 Å². The molecule has 1 N–H and O–H groups in total. The summed E-state index contributed by atoms with van der Waals surface area (Å²) in [6.07, 6.45) is 1.68. The fourth-order valence-electron chi connectivity index (χ4n) is 1.87. The van der Waals surface area contributed by atoms with Gasteiger partial charge in [-0.3, -0.25) is 0 Å². The highest BCUT2D eigenvalue weighted by Gasteiger charge is 2.08. The van der Waals surface area contributed by atoms with Crippen LogP contribution in [0.5, 0.6) is 0 Å². The minimum atomic E-state index is 0.179. The molecule has 0 spiro atoms. The van der Waals surface area contributed by atoms with Crippen molar-refractivity contribution in [3.8, 4) is 0 Å². The summed E-state index contributed by atoms with van der Waals surface area (Å²) in [6, 6.07) is 12.4. The molecule has 0 amide bonds. The Morgan fingerprint density at radius 3 is 2.42 bits per heavy atom. The van der Waals surface area contributed by atoms with E-state index in [-0.39, 0.29) is 6.04 Å². The van der Waals surface area contributed by atoms with Crippen molar-refractivity contribution in [3.63, 3.8) is 0 Å². The molecule has 0 saturated heterocycles. The molecule has 0 saturated carbocycles. The lowest BCUT2D eigenvalue weighted by atomic mass is 10.1. The van der Waals surface area contributed by atoms with Crippen molar-refractivity contribution in [1.82, 2.24) is 4.98 Å². The molecule has 1 unspecified atom stereocenters. The van der Waals surface area contributed by atoms with Gasteiger partial charge in [0.05, 0.1) is 5.69 Å². The molecule has 0 radical (unpaired) electrons. The number of benzene rings is 1. The summed E-state index contributed by atoms with van der Waals surface area (Å²) < 4.78 is 0. The molecule has 3 nitrogen and oxygen atoms in total. The maximum Gasteiger partial charge on any atom is 0.152 e. The largest absolute Gasteiger partial charge is 0.378 e. The highest BCUT2D eigenvalue weighted by molar-refractivity contribution is 6.31. The summed E-state index contributed by atoms with van der Waals surface area (Å²) in [5.41, 5.74) is 3.26. The molecule has 1 atom stereocenters. The zero-order valence-corrected chi connectivity index (χ0v) is 12.1. The number of anilines is 2. The fourth-order valence-corrected chi connectivity index (χ4v) is 2.05. The van der Waals surface area contributed by atoms with Gasteiger partial charge in [0.25, 0.3) is 0 Å². The van der Waals surface area contributed by atoms with E-state index < -0.39 is 0 Å². The van der Waals surface area contributed by atoms with Gasteiger partial charge in [0.2, 0.25) is 0 Å². The smallest absolute Gasteiger partial charge is 0.152 e. The van der Waals surface area contributed by atoms with E-state index >= 15 is 0 Å². The van der Waals surface area contributed by atoms with Gasteiger partial charge < -0.3 is 10.2 Å². The number of aromatic nitrogens is 1. The summed E-state index contributed by atoms with van der Waals surface area (Å²) in [6.45, 7) is 2.11. The van der Waals surface area contributed by atoms with Crippen molar-refractivity contribution in [2.45, 2.75) is 13.0 Å². The van der Waals surface area contributed by atoms with Gasteiger partial charge in [-0.15, -0.1) is 0 Å². The average Bonchev–Trinajstić information content (AvgIpc) is 2.41. The molecule has 100 valence electrons. The molecule has 1 heterocycles. The fraction of sp³-hybridized carbons (Fsp3) is 0.267. The highest BCUT2D eigenvalue weighted by atomic mass is 35.5. The van der Waals surface area contributed by atoms with E-state index in [1.54, 1.807) is 6.20 Å². The molecule has 1 aromatic heterocycles. The Labute approximate surface area is 119 Å². The molecule has 4 heteroatoms. The standard InChI is InChI=1S/C15H18ClN3/c1-11(18-14-5-4-10-17-15(14)16)12-6-8-13(9-7-12)19(2)3/h4-11,18H,1-3H3. The van der Waals surface area contributed by atoms with Crippen LogP contribution in [-0.4, -0.2) is 19.1 Å². The minimum Gasteiger partial charge on any atom is -0.378 e. The predicted molar refractivity (Wildman–Crippen MR) is 82.1 cm³/mol. The van der Waals surface area contributed by atoms with Crippen molar-refractivity contribution < 1.29 is 0 Å². The van der Waals surface area contributed by atoms with Gasteiger partial charge in [-0.25, -0.2) is 4.98 Å². The maximum atomic E-state index is 6.04. The summed E-state index contributed by atoms with van der Waals surface area (Å²) in [4.78, 5) is 6.14. The quantitative estimate of drug-likeness (QED) is 0.856. The molecule has 0 bridgehead atoms. The summed E-state index contributed by atoms with van der Waals surface area (Å²) in [5, 5.41) is 3.87. The van der Waals surface area contributed by atoms with E-state index in [9.17, 15) is 0 Å². The first kappa shape index (κ1) is 13.7. The second-order valence-corrected chi connectivity index (χ2v) is 5.05. The molecule has 0 aliphatic rings. The molecule has 2 aromatic rings. The van der Waals surface area contributed by atoms with Crippen LogP contribution in [-0.2, 0) is 0 Å². The maximum absolute atomic E-state index is 6.04. The van der Waals surface area contributed by atoms with Crippen molar-refractivity contribution in [2.75, 3.05) is 24.3 Å². The first-order valence-electron chi connectivity index (χ1n) is 6.22. The van der Waals surface area contributed by atoms with E-state index in [0.29, 0.717) is 5.15 Å². The number of rotatable bonds is 4. The van der Waals surface area contributed by atoms with Gasteiger partial charge in [-0.05, 0) is 36.8 Å². The van der Waals surface area contributed by atoms with Gasteiger partial charge >= 0.3 is 0 Å². The van der Waals surface area contributed by atoms with Crippen LogP contribution in [0.2, 0.25) is 5.15 Å². The lowest BCUT2D eigenvalue weighted by molar-refractivity contribution is 0.882. The monoisotopic (exact) mass is 275 g/mol. The van der Waals surface area contributed by atoms with Crippen molar-refractivity contribution in [2.24, 2.45) is 0 Å². The van der Waals surface area contributed by atoms with Crippen molar-refractivity contribution in [3.05, 3.63) is 53.3 Å². The molecule has 1 aromatic carbocycles.